The monoisotopic (exact) mass is 279 g/mol. The highest BCUT2D eigenvalue weighted by atomic mass is 16.5. The molecule has 0 spiro atoms. The Labute approximate surface area is 121 Å². The van der Waals surface area contributed by atoms with E-state index in [1.54, 1.807) is 25.3 Å². The third kappa shape index (κ3) is 5.31. The minimum absolute atomic E-state index is 0.0125. The van der Waals surface area contributed by atoms with E-state index >= 15 is 0 Å². The molecule has 1 N–H and O–H groups in total. The fraction of sp³-hybridized carbons (Fsp3) is 0.562. The molecule has 0 bridgehead atoms. The van der Waals surface area contributed by atoms with Gasteiger partial charge >= 0.3 is 0 Å². The number of nitrogens with zero attached hydrogens (tertiary/aromatic N) is 1. The van der Waals surface area contributed by atoms with Gasteiger partial charge in [0.05, 0.1) is 6.61 Å². The van der Waals surface area contributed by atoms with Crippen LogP contribution in [0.15, 0.2) is 18.2 Å². The number of ether oxygens (including phenoxy) is 1. The van der Waals surface area contributed by atoms with E-state index in [2.05, 4.69) is 18.7 Å². The summed E-state index contributed by atoms with van der Waals surface area (Å²) in [5.41, 5.74) is 1.42. The van der Waals surface area contributed by atoms with Crippen LogP contribution >= 0.6 is 0 Å². The van der Waals surface area contributed by atoms with E-state index in [1.807, 2.05) is 0 Å². The van der Waals surface area contributed by atoms with Crippen molar-refractivity contribution in [3.05, 3.63) is 29.3 Å². The van der Waals surface area contributed by atoms with Crippen LogP contribution in [0, 0.1) is 5.92 Å². The van der Waals surface area contributed by atoms with Crippen LogP contribution in [0.1, 0.15) is 36.7 Å². The lowest BCUT2D eigenvalue weighted by atomic mass is 10.1. The molecule has 0 fully saturated rings. The Balaban J connectivity index is 2.85. The van der Waals surface area contributed by atoms with Crippen LogP contribution in [-0.4, -0.2) is 42.6 Å². The summed E-state index contributed by atoms with van der Waals surface area (Å²) < 4.78 is 5.13. The van der Waals surface area contributed by atoms with Crippen LogP contribution in [-0.2, 0) is 11.3 Å². The Morgan fingerprint density at radius 2 is 2.10 bits per heavy atom. The summed E-state index contributed by atoms with van der Waals surface area (Å²) in [6.45, 7) is 8.85. The molecular weight excluding hydrogens is 254 g/mol. The SMILES string of the molecule is COCCN(Cc1cc(C(C)=O)ccc1O)CC(C)C. The van der Waals surface area contributed by atoms with Crippen molar-refractivity contribution in [1.29, 1.82) is 0 Å². The van der Waals surface area contributed by atoms with Gasteiger partial charge in [-0.05, 0) is 31.0 Å². The second-order valence-corrected chi connectivity index (χ2v) is 5.52. The first kappa shape index (κ1) is 16.7. The fourth-order valence-electron chi connectivity index (χ4n) is 2.14. The van der Waals surface area contributed by atoms with E-state index in [9.17, 15) is 9.90 Å². The maximum Gasteiger partial charge on any atom is 0.159 e. The highest BCUT2D eigenvalue weighted by Gasteiger charge is 2.12. The first-order valence-corrected chi connectivity index (χ1v) is 6.98. The summed E-state index contributed by atoms with van der Waals surface area (Å²) in [5, 5.41) is 9.96. The van der Waals surface area contributed by atoms with Gasteiger partial charge in [-0.25, -0.2) is 0 Å². The number of benzene rings is 1. The summed E-state index contributed by atoms with van der Waals surface area (Å²) in [5.74, 6) is 0.782. The van der Waals surface area contributed by atoms with Gasteiger partial charge in [-0.15, -0.1) is 0 Å². The molecule has 0 atom stereocenters. The highest BCUT2D eigenvalue weighted by Crippen LogP contribution is 2.21. The lowest BCUT2D eigenvalue weighted by molar-refractivity contribution is 0.101. The number of methoxy groups -OCH3 is 1. The molecule has 1 rings (SSSR count). The Hall–Kier alpha value is -1.39. The van der Waals surface area contributed by atoms with Crippen molar-refractivity contribution in [1.82, 2.24) is 4.90 Å². The molecule has 0 aliphatic rings. The van der Waals surface area contributed by atoms with Crippen LogP contribution < -0.4 is 0 Å². The predicted molar refractivity (Wildman–Crippen MR) is 80.1 cm³/mol. The molecule has 1 aromatic rings. The molecule has 4 heteroatoms. The predicted octanol–water partition coefficient (Wildman–Crippen LogP) is 2.70. The third-order valence-electron chi connectivity index (χ3n) is 3.11. The van der Waals surface area contributed by atoms with Crippen molar-refractivity contribution >= 4 is 5.78 Å². The van der Waals surface area contributed by atoms with Crippen molar-refractivity contribution in [2.75, 3.05) is 26.8 Å². The van der Waals surface area contributed by atoms with Crippen molar-refractivity contribution in [3.8, 4) is 5.75 Å². The molecule has 4 nitrogen and oxygen atoms in total. The minimum Gasteiger partial charge on any atom is -0.508 e. The Bertz CT molecular complexity index is 443. The largest absolute Gasteiger partial charge is 0.508 e. The van der Waals surface area contributed by atoms with Crippen molar-refractivity contribution in [2.24, 2.45) is 5.92 Å². The number of phenolic OH excluding ortho intramolecular Hbond substituents is 1. The van der Waals surface area contributed by atoms with Gasteiger partial charge < -0.3 is 9.84 Å². The molecular formula is C16H25NO3. The maximum atomic E-state index is 11.4. The average Bonchev–Trinajstić information content (AvgIpc) is 2.37. The van der Waals surface area contributed by atoms with Crippen LogP contribution in [0.3, 0.4) is 0 Å². The van der Waals surface area contributed by atoms with Gasteiger partial charge in [0, 0.05) is 37.9 Å². The van der Waals surface area contributed by atoms with Gasteiger partial charge in [0.2, 0.25) is 0 Å². The second kappa shape index (κ2) is 8.02. The summed E-state index contributed by atoms with van der Waals surface area (Å²) in [7, 11) is 1.68. The minimum atomic E-state index is 0.0125. The van der Waals surface area contributed by atoms with Crippen LogP contribution in [0.25, 0.3) is 0 Å². The number of phenols is 1. The molecule has 1 aromatic carbocycles. The van der Waals surface area contributed by atoms with Crippen LogP contribution in [0.4, 0.5) is 0 Å². The molecule has 20 heavy (non-hydrogen) atoms. The molecule has 112 valence electrons. The standard InChI is InChI=1S/C16H25NO3/c1-12(2)10-17(7-8-20-4)11-15-9-14(13(3)18)5-6-16(15)19/h5-6,9,12,19H,7-8,10-11H2,1-4H3. The zero-order valence-electron chi connectivity index (χ0n) is 12.8. The summed E-state index contributed by atoms with van der Waals surface area (Å²) in [4.78, 5) is 13.7. The van der Waals surface area contributed by atoms with E-state index in [-0.39, 0.29) is 11.5 Å². The van der Waals surface area contributed by atoms with E-state index in [0.717, 1.165) is 18.7 Å². The van der Waals surface area contributed by atoms with Crippen LogP contribution in [0.2, 0.25) is 0 Å². The van der Waals surface area contributed by atoms with E-state index in [1.165, 1.54) is 6.92 Å². The molecule has 0 unspecified atom stereocenters. The average molecular weight is 279 g/mol. The molecule has 0 radical (unpaired) electrons. The number of carbonyl (C=O) groups excluding carboxylic acids is 1. The molecule has 0 amide bonds. The number of rotatable bonds is 8. The highest BCUT2D eigenvalue weighted by molar-refractivity contribution is 5.94. The zero-order valence-corrected chi connectivity index (χ0v) is 12.8. The summed E-state index contributed by atoms with van der Waals surface area (Å²) in [6.07, 6.45) is 0. The van der Waals surface area contributed by atoms with E-state index < -0.39 is 0 Å². The smallest absolute Gasteiger partial charge is 0.159 e. The number of hydrogen-bond acceptors (Lipinski definition) is 4. The van der Waals surface area contributed by atoms with Gasteiger partial charge in [-0.3, -0.25) is 9.69 Å². The van der Waals surface area contributed by atoms with Gasteiger partial charge in [0.15, 0.2) is 5.78 Å². The summed E-state index contributed by atoms with van der Waals surface area (Å²) >= 11 is 0. The van der Waals surface area contributed by atoms with Gasteiger partial charge in [0.25, 0.3) is 0 Å². The Kier molecular flexibility index (Phi) is 6.68. The third-order valence-corrected chi connectivity index (χ3v) is 3.11. The number of carbonyl (C=O) groups is 1. The van der Waals surface area contributed by atoms with E-state index in [4.69, 9.17) is 4.74 Å². The molecule has 0 aromatic heterocycles. The van der Waals surface area contributed by atoms with Gasteiger partial charge in [-0.2, -0.15) is 0 Å². The van der Waals surface area contributed by atoms with Crippen molar-refractivity contribution in [3.63, 3.8) is 0 Å². The maximum absolute atomic E-state index is 11.4. The molecule has 0 aliphatic heterocycles. The van der Waals surface area contributed by atoms with Crippen LogP contribution in [0.5, 0.6) is 5.75 Å². The van der Waals surface area contributed by atoms with Crippen molar-refractivity contribution in [2.45, 2.75) is 27.3 Å². The lowest BCUT2D eigenvalue weighted by Crippen LogP contribution is -2.30. The van der Waals surface area contributed by atoms with Crippen molar-refractivity contribution < 1.29 is 14.6 Å². The van der Waals surface area contributed by atoms with Gasteiger partial charge in [-0.1, -0.05) is 13.8 Å². The number of hydrogen-bond donors (Lipinski definition) is 1. The number of Topliss-reactive ketones (excluding diaryl/α,β-unsaturated/α-hetero) is 1. The fourth-order valence-corrected chi connectivity index (χ4v) is 2.14. The number of ketones is 1. The first-order valence-electron chi connectivity index (χ1n) is 6.98. The quantitative estimate of drug-likeness (QED) is 0.743. The lowest BCUT2D eigenvalue weighted by Gasteiger charge is -2.24. The molecule has 0 heterocycles. The normalized spacial score (nSPS) is 11.3. The van der Waals surface area contributed by atoms with Gasteiger partial charge in [0.1, 0.15) is 5.75 Å². The second-order valence-electron chi connectivity index (χ2n) is 5.52. The zero-order chi connectivity index (χ0) is 15.1. The summed E-state index contributed by atoms with van der Waals surface area (Å²) in [6, 6.07) is 5.02. The Morgan fingerprint density at radius 1 is 1.40 bits per heavy atom. The number of aromatic hydroxyl groups is 1. The van der Waals surface area contributed by atoms with E-state index in [0.29, 0.717) is 24.6 Å². The first-order chi connectivity index (χ1) is 9.43. The molecule has 0 aliphatic carbocycles. The molecule has 0 saturated carbocycles. The molecule has 0 saturated heterocycles. The topological polar surface area (TPSA) is 49.8 Å². The Morgan fingerprint density at radius 3 is 2.65 bits per heavy atom.